The third kappa shape index (κ3) is 3.47. The summed E-state index contributed by atoms with van der Waals surface area (Å²) < 4.78 is 11.7. The summed E-state index contributed by atoms with van der Waals surface area (Å²) in [6.45, 7) is 3.87. The first-order chi connectivity index (χ1) is 8.42. The van der Waals surface area contributed by atoms with Gasteiger partial charge in [-0.3, -0.25) is 0 Å². The fourth-order valence-corrected chi connectivity index (χ4v) is 2.19. The molecule has 1 fully saturated rings. The molecule has 1 aliphatic rings. The standard InChI is InChI=1S/C15H22O2/c1-2-3-11-16-14-9-5-4-8-13(14)15-10-6-7-12-17-15/h4-5,8-9,15H,2-3,6-7,10-12H2,1H3. The Labute approximate surface area is 104 Å². The predicted octanol–water partition coefficient (Wildman–Crippen LogP) is 4.11. The average molecular weight is 234 g/mol. The fourth-order valence-electron chi connectivity index (χ4n) is 2.19. The van der Waals surface area contributed by atoms with E-state index < -0.39 is 0 Å². The van der Waals surface area contributed by atoms with Gasteiger partial charge in [-0.1, -0.05) is 31.5 Å². The van der Waals surface area contributed by atoms with Gasteiger partial charge in [0.05, 0.1) is 12.7 Å². The number of rotatable bonds is 5. The van der Waals surface area contributed by atoms with Gasteiger partial charge >= 0.3 is 0 Å². The number of para-hydroxylation sites is 1. The molecule has 0 amide bonds. The zero-order valence-electron chi connectivity index (χ0n) is 10.7. The zero-order valence-corrected chi connectivity index (χ0v) is 10.7. The summed E-state index contributed by atoms with van der Waals surface area (Å²) in [6.07, 6.45) is 6.08. The fraction of sp³-hybridized carbons (Fsp3) is 0.600. The first-order valence-corrected chi connectivity index (χ1v) is 6.75. The Balaban J connectivity index is 2.03. The lowest BCUT2D eigenvalue weighted by Crippen LogP contribution is -2.13. The number of hydrogen-bond donors (Lipinski definition) is 0. The van der Waals surface area contributed by atoms with E-state index in [0.717, 1.165) is 31.8 Å². The van der Waals surface area contributed by atoms with E-state index in [0.29, 0.717) is 0 Å². The summed E-state index contributed by atoms with van der Waals surface area (Å²) in [5.74, 6) is 1.01. The summed E-state index contributed by atoms with van der Waals surface area (Å²) in [6, 6.07) is 8.30. The molecule has 2 nitrogen and oxygen atoms in total. The Morgan fingerprint density at radius 1 is 1.29 bits per heavy atom. The second-order valence-electron chi connectivity index (χ2n) is 4.60. The maximum atomic E-state index is 5.85. The molecule has 0 spiro atoms. The summed E-state index contributed by atoms with van der Waals surface area (Å²) in [7, 11) is 0. The van der Waals surface area contributed by atoms with Crippen molar-refractivity contribution in [3.63, 3.8) is 0 Å². The molecule has 2 heteroatoms. The Kier molecular flexibility index (Phi) is 4.87. The summed E-state index contributed by atoms with van der Waals surface area (Å²) in [5, 5.41) is 0. The molecule has 0 aromatic heterocycles. The van der Waals surface area contributed by atoms with Crippen molar-refractivity contribution < 1.29 is 9.47 Å². The minimum atomic E-state index is 0.238. The van der Waals surface area contributed by atoms with Crippen LogP contribution in [0.3, 0.4) is 0 Å². The third-order valence-electron chi connectivity index (χ3n) is 3.20. The van der Waals surface area contributed by atoms with E-state index in [4.69, 9.17) is 9.47 Å². The number of benzene rings is 1. The SMILES string of the molecule is CCCCOc1ccccc1C1CCCCO1. The van der Waals surface area contributed by atoms with Gasteiger partial charge < -0.3 is 9.47 Å². The average Bonchev–Trinajstić information content (AvgIpc) is 2.41. The minimum absolute atomic E-state index is 0.238. The highest BCUT2D eigenvalue weighted by molar-refractivity contribution is 5.35. The number of ether oxygens (including phenoxy) is 2. The van der Waals surface area contributed by atoms with E-state index in [1.54, 1.807) is 0 Å². The van der Waals surface area contributed by atoms with Gasteiger partial charge in [0.2, 0.25) is 0 Å². The van der Waals surface area contributed by atoms with E-state index >= 15 is 0 Å². The van der Waals surface area contributed by atoms with Crippen LogP contribution in [0.4, 0.5) is 0 Å². The van der Waals surface area contributed by atoms with Crippen molar-refractivity contribution in [2.45, 2.75) is 45.1 Å². The van der Waals surface area contributed by atoms with Crippen molar-refractivity contribution in [1.29, 1.82) is 0 Å². The topological polar surface area (TPSA) is 18.5 Å². The van der Waals surface area contributed by atoms with Crippen molar-refractivity contribution in [2.24, 2.45) is 0 Å². The highest BCUT2D eigenvalue weighted by Crippen LogP contribution is 2.33. The molecule has 0 aliphatic carbocycles. The van der Waals surface area contributed by atoms with Crippen LogP contribution >= 0.6 is 0 Å². The first-order valence-electron chi connectivity index (χ1n) is 6.75. The molecule has 1 heterocycles. The largest absolute Gasteiger partial charge is 0.493 e. The quantitative estimate of drug-likeness (QED) is 0.714. The molecule has 0 N–H and O–H groups in total. The lowest BCUT2D eigenvalue weighted by Gasteiger charge is -2.24. The molecule has 1 unspecified atom stereocenters. The second kappa shape index (κ2) is 6.65. The molecule has 1 aromatic carbocycles. The van der Waals surface area contributed by atoms with Crippen molar-refractivity contribution in [3.8, 4) is 5.75 Å². The van der Waals surface area contributed by atoms with Crippen molar-refractivity contribution in [1.82, 2.24) is 0 Å². The van der Waals surface area contributed by atoms with Crippen LogP contribution in [-0.4, -0.2) is 13.2 Å². The Hall–Kier alpha value is -1.02. The monoisotopic (exact) mass is 234 g/mol. The van der Waals surface area contributed by atoms with E-state index in [-0.39, 0.29) is 6.10 Å². The molecule has 1 aliphatic heterocycles. The van der Waals surface area contributed by atoms with E-state index in [1.807, 2.05) is 6.07 Å². The number of hydrogen-bond acceptors (Lipinski definition) is 2. The maximum absolute atomic E-state index is 5.85. The van der Waals surface area contributed by atoms with Gasteiger partial charge in [0, 0.05) is 12.2 Å². The zero-order chi connectivity index (χ0) is 11.9. The highest BCUT2D eigenvalue weighted by Gasteiger charge is 2.19. The molecule has 0 bridgehead atoms. The summed E-state index contributed by atoms with van der Waals surface area (Å²) in [5.41, 5.74) is 1.23. The van der Waals surface area contributed by atoms with Crippen LogP contribution in [0.25, 0.3) is 0 Å². The van der Waals surface area contributed by atoms with Gasteiger partial charge in [-0.25, -0.2) is 0 Å². The number of unbranched alkanes of at least 4 members (excludes halogenated alkanes) is 1. The molecule has 1 aromatic rings. The lowest BCUT2D eigenvalue weighted by atomic mass is 10.0. The molecule has 17 heavy (non-hydrogen) atoms. The van der Waals surface area contributed by atoms with Gasteiger partial charge in [-0.2, -0.15) is 0 Å². The molecular formula is C15H22O2. The van der Waals surface area contributed by atoms with Crippen LogP contribution in [0.15, 0.2) is 24.3 Å². The predicted molar refractivity (Wildman–Crippen MR) is 69.4 cm³/mol. The van der Waals surface area contributed by atoms with Crippen LogP contribution in [0.1, 0.15) is 50.7 Å². The van der Waals surface area contributed by atoms with Crippen LogP contribution in [0.2, 0.25) is 0 Å². The first kappa shape index (κ1) is 12.4. The van der Waals surface area contributed by atoms with Gasteiger partial charge in [-0.15, -0.1) is 0 Å². The van der Waals surface area contributed by atoms with Crippen LogP contribution in [-0.2, 0) is 4.74 Å². The minimum Gasteiger partial charge on any atom is -0.493 e. The maximum Gasteiger partial charge on any atom is 0.125 e. The van der Waals surface area contributed by atoms with Crippen molar-refractivity contribution in [3.05, 3.63) is 29.8 Å². The molecule has 0 saturated carbocycles. The Morgan fingerprint density at radius 3 is 2.94 bits per heavy atom. The van der Waals surface area contributed by atoms with E-state index in [9.17, 15) is 0 Å². The van der Waals surface area contributed by atoms with Crippen LogP contribution in [0, 0.1) is 0 Å². The Bertz CT molecular complexity index is 329. The van der Waals surface area contributed by atoms with Crippen LogP contribution < -0.4 is 4.74 Å². The van der Waals surface area contributed by atoms with Crippen molar-refractivity contribution in [2.75, 3.05) is 13.2 Å². The smallest absolute Gasteiger partial charge is 0.125 e. The third-order valence-corrected chi connectivity index (χ3v) is 3.20. The van der Waals surface area contributed by atoms with Crippen molar-refractivity contribution >= 4 is 0 Å². The lowest BCUT2D eigenvalue weighted by molar-refractivity contribution is 0.0132. The normalized spacial score (nSPS) is 20.2. The summed E-state index contributed by atoms with van der Waals surface area (Å²) in [4.78, 5) is 0. The van der Waals surface area contributed by atoms with E-state index in [2.05, 4.69) is 25.1 Å². The van der Waals surface area contributed by atoms with Gasteiger partial charge in [0.25, 0.3) is 0 Å². The molecular weight excluding hydrogens is 212 g/mol. The summed E-state index contributed by atoms with van der Waals surface area (Å²) >= 11 is 0. The van der Waals surface area contributed by atoms with Gasteiger partial charge in [0.1, 0.15) is 5.75 Å². The van der Waals surface area contributed by atoms with Crippen LogP contribution in [0.5, 0.6) is 5.75 Å². The molecule has 1 saturated heterocycles. The Morgan fingerprint density at radius 2 is 2.18 bits per heavy atom. The van der Waals surface area contributed by atoms with Gasteiger partial charge in [-0.05, 0) is 31.7 Å². The highest BCUT2D eigenvalue weighted by atomic mass is 16.5. The molecule has 2 rings (SSSR count). The van der Waals surface area contributed by atoms with Gasteiger partial charge in [0.15, 0.2) is 0 Å². The molecule has 0 radical (unpaired) electrons. The molecule has 1 atom stereocenters. The second-order valence-corrected chi connectivity index (χ2v) is 4.60. The molecule has 94 valence electrons. The van der Waals surface area contributed by atoms with E-state index in [1.165, 1.54) is 24.8 Å².